The predicted octanol–water partition coefficient (Wildman–Crippen LogP) is 2.04. The molecule has 1 aromatic rings. The smallest absolute Gasteiger partial charge is 0.330 e. The third-order valence-electron chi connectivity index (χ3n) is 5.69. The molecule has 6 nitrogen and oxygen atoms in total. The lowest BCUT2D eigenvalue weighted by Gasteiger charge is -2.33. The van der Waals surface area contributed by atoms with Gasteiger partial charge in [0.05, 0.1) is 0 Å². The molecule has 0 unspecified atom stereocenters. The summed E-state index contributed by atoms with van der Waals surface area (Å²) in [5.74, 6) is 0.224. The first-order valence-corrected chi connectivity index (χ1v) is 10.5. The standard InChI is InChI=1S/C20H24N2O4S/c1-13(14-7-8-14)21-17(23)11-26-19(25)16-12-27-20(10-9-18(24)22(16)20)15-5-3-2-4-6-15/h2-6,13-14,16H,7-12H2,1H3,(H,21,23)/t13-,16-,20-/m1/s1. The van der Waals surface area contributed by atoms with Crippen LogP contribution < -0.4 is 5.32 Å². The second-order valence-electron chi connectivity index (χ2n) is 7.54. The Hall–Kier alpha value is -2.02. The number of carbonyl (C=O) groups is 3. The summed E-state index contributed by atoms with van der Waals surface area (Å²) >= 11 is 1.61. The monoisotopic (exact) mass is 388 g/mol. The molecule has 4 rings (SSSR count). The van der Waals surface area contributed by atoms with Gasteiger partial charge in [0.2, 0.25) is 5.91 Å². The molecule has 1 saturated carbocycles. The Bertz CT molecular complexity index is 752. The van der Waals surface area contributed by atoms with Crippen LogP contribution in [-0.4, -0.2) is 47.1 Å². The average molecular weight is 388 g/mol. The fourth-order valence-corrected chi connectivity index (χ4v) is 5.69. The maximum atomic E-state index is 12.6. The number of hydrogen-bond acceptors (Lipinski definition) is 5. The van der Waals surface area contributed by atoms with Crippen molar-refractivity contribution in [3.63, 3.8) is 0 Å². The van der Waals surface area contributed by atoms with Crippen LogP contribution in [0.5, 0.6) is 0 Å². The van der Waals surface area contributed by atoms with E-state index in [1.807, 2.05) is 37.3 Å². The van der Waals surface area contributed by atoms with Crippen LogP contribution in [0.15, 0.2) is 30.3 Å². The Morgan fingerprint density at radius 2 is 2.07 bits per heavy atom. The van der Waals surface area contributed by atoms with Gasteiger partial charge in [0.1, 0.15) is 10.9 Å². The average Bonchev–Trinajstić information content (AvgIpc) is 3.38. The molecule has 0 radical (unpaired) electrons. The SMILES string of the molecule is C[C@@H](NC(=O)COC(=O)[C@H]1CS[C@@]2(c3ccccc3)CCC(=O)N12)C1CC1. The Morgan fingerprint density at radius 1 is 1.33 bits per heavy atom. The van der Waals surface area contributed by atoms with Crippen LogP contribution in [0, 0.1) is 5.92 Å². The second kappa shape index (κ2) is 7.19. The lowest BCUT2D eigenvalue weighted by molar-refractivity contribution is -0.156. The number of rotatable bonds is 6. The van der Waals surface area contributed by atoms with Crippen LogP contribution >= 0.6 is 11.8 Å². The van der Waals surface area contributed by atoms with Gasteiger partial charge in [-0.2, -0.15) is 0 Å². The number of fused-ring (bicyclic) bond motifs is 1. The van der Waals surface area contributed by atoms with Gasteiger partial charge in [-0.25, -0.2) is 4.79 Å². The maximum Gasteiger partial charge on any atom is 0.330 e. The van der Waals surface area contributed by atoms with Crippen molar-refractivity contribution in [3.8, 4) is 0 Å². The van der Waals surface area contributed by atoms with Gasteiger partial charge in [-0.3, -0.25) is 9.59 Å². The summed E-state index contributed by atoms with van der Waals surface area (Å²) < 4.78 is 5.27. The van der Waals surface area contributed by atoms with Crippen LogP contribution in [0.25, 0.3) is 0 Å². The zero-order valence-electron chi connectivity index (χ0n) is 15.3. The number of ether oxygens (including phenoxy) is 1. The van der Waals surface area contributed by atoms with Gasteiger partial charge in [0.25, 0.3) is 5.91 Å². The molecule has 144 valence electrons. The summed E-state index contributed by atoms with van der Waals surface area (Å²) in [5.41, 5.74) is 1.03. The zero-order chi connectivity index (χ0) is 19.0. The maximum absolute atomic E-state index is 12.6. The van der Waals surface area contributed by atoms with Gasteiger partial charge in [-0.15, -0.1) is 11.8 Å². The number of amides is 2. The van der Waals surface area contributed by atoms with Crippen molar-refractivity contribution in [1.82, 2.24) is 10.2 Å². The Labute approximate surface area is 163 Å². The lowest BCUT2D eigenvalue weighted by Crippen LogP contribution is -2.47. The van der Waals surface area contributed by atoms with Gasteiger partial charge in [0.15, 0.2) is 6.61 Å². The van der Waals surface area contributed by atoms with Crippen molar-refractivity contribution in [3.05, 3.63) is 35.9 Å². The number of hydrogen-bond donors (Lipinski definition) is 1. The third-order valence-corrected chi connectivity index (χ3v) is 7.28. The van der Waals surface area contributed by atoms with E-state index in [1.54, 1.807) is 16.7 Å². The van der Waals surface area contributed by atoms with Crippen LogP contribution in [0.2, 0.25) is 0 Å². The minimum atomic E-state index is -0.640. The highest BCUT2D eigenvalue weighted by atomic mass is 32.2. The number of nitrogens with zero attached hydrogens (tertiary/aromatic N) is 1. The summed E-state index contributed by atoms with van der Waals surface area (Å²) in [4.78, 5) is 38.4. The van der Waals surface area contributed by atoms with Crippen LogP contribution in [-0.2, 0) is 24.0 Å². The Balaban J connectivity index is 1.41. The third kappa shape index (κ3) is 3.45. The largest absolute Gasteiger partial charge is 0.454 e. The topological polar surface area (TPSA) is 75.7 Å². The van der Waals surface area contributed by atoms with E-state index in [1.165, 1.54) is 0 Å². The molecule has 0 spiro atoms. The van der Waals surface area contributed by atoms with E-state index in [4.69, 9.17) is 4.74 Å². The van der Waals surface area contributed by atoms with Crippen molar-refractivity contribution < 1.29 is 19.1 Å². The Kier molecular flexibility index (Phi) is 4.88. The molecular weight excluding hydrogens is 364 g/mol. The molecular formula is C20H24N2O4S. The Morgan fingerprint density at radius 3 is 2.78 bits per heavy atom. The summed E-state index contributed by atoms with van der Waals surface area (Å²) in [6, 6.07) is 9.31. The van der Waals surface area contributed by atoms with Gasteiger partial charge >= 0.3 is 5.97 Å². The van der Waals surface area contributed by atoms with Crippen LogP contribution in [0.1, 0.15) is 38.2 Å². The summed E-state index contributed by atoms with van der Waals surface area (Å²) in [5, 5.41) is 2.87. The molecule has 2 heterocycles. The molecule has 3 fully saturated rings. The van der Waals surface area contributed by atoms with Crippen molar-refractivity contribution in [2.75, 3.05) is 12.4 Å². The van der Waals surface area contributed by atoms with E-state index in [9.17, 15) is 14.4 Å². The molecule has 1 aromatic carbocycles. The molecule has 1 N–H and O–H groups in total. The number of benzene rings is 1. The second-order valence-corrected chi connectivity index (χ2v) is 8.84. The van der Waals surface area contributed by atoms with Gasteiger partial charge in [-0.1, -0.05) is 30.3 Å². The summed E-state index contributed by atoms with van der Waals surface area (Å²) in [6.07, 6.45) is 3.38. The van der Waals surface area contributed by atoms with E-state index in [2.05, 4.69) is 5.32 Å². The summed E-state index contributed by atoms with van der Waals surface area (Å²) in [7, 11) is 0. The lowest BCUT2D eigenvalue weighted by atomic mass is 10.0. The molecule has 1 aliphatic carbocycles. The molecule has 2 aliphatic heterocycles. The number of esters is 1. The van der Waals surface area contributed by atoms with Crippen molar-refractivity contribution in [2.45, 2.75) is 49.6 Å². The molecule has 2 saturated heterocycles. The molecule has 7 heteroatoms. The number of thioether (sulfide) groups is 1. The fraction of sp³-hybridized carbons (Fsp3) is 0.550. The highest BCUT2D eigenvalue weighted by molar-refractivity contribution is 8.00. The molecule has 2 amide bonds. The van der Waals surface area contributed by atoms with Crippen LogP contribution in [0.3, 0.4) is 0 Å². The first kappa shape index (κ1) is 18.3. The van der Waals surface area contributed by atoms with Crippen molar-refractivity contribution in [1.29, 1.82) is 0 Å². The van der Waals surface area contributed by atoms with E-state index >= 15 is 0 Å². The van der Waals surface area contributed by atoms with E-state index < -0.39 is 16.9 Å². The summed E-state index contributed by atoms with van der Waals surface area (Å²) in [6.45, 7) is 1.68. The highest BCUT2D eigenvalue weighted by Crippen LogP contribution is 2.54. The van der Waals surface area contributed by atoms with Gasteiger partial charge in [-0.05, 0) is 37.7 Å². The molecule has 0 bridgehead atoms. The normalized spacial score (nSPS) is 28.0. The first-order chi connectivity index (χ1) is 13.0. The van der Waals surface area contributed by atoms with Gasteiger partial charge in [0, 0.05) is 18.2 Å². The highest BCUT2D eigenvalue weighted by Gasteiger charge is 2.57. The van der Waals surface area contributed by atoms with E-state index in [0.29, 0.717) is 24.5 Å². The fourth-order valence-electron chi connectivity index (χ4n) is 4.06. The number of nitrogens with one attached hydrogen (secondary N) is 1. The first-order valence-electron chi connectivity index (χ1n) is 9.49. The molecule has 3 atom stereocenters. The number of carbonyl (C=O) groups excluding carboxylic acids is 3. The molecule has 27 heavy (non-hydrogen) atoms. The minimum Gasteiger partial charge on any atom is -0.454 e. The van der Waals surface area contributed by atoms with Crippen molar-refractivity contribution in [2.24, 2.45) is 5.92 Å². The van der Waals surface area contributed by atoms with Gasteiger partial charge < -0.3 is 15.0 Å². The van der Waals surface area contributed by atoms with E-state index in [-0.39, 0.29) is 24.5 Å². The molecule has 0 aromatic heterocycles. The van der Waals surface area contributed by atoms with E-state index in [0.717, 1.165) is 18.4 Å². The zero-order valence-corrected chi connectivity index (χ0v) is 16.2. The minimum absolute atomic E-state index is 0.0300. The molecule has 3 aliphatic rings. The van der Waals surface area contributed by atoms with Crippen molar-refractivity contribution >= 4 is 29.5 Å². The van der Waals surface area contributed by atoms with Crippen LogP contribution in [0.4, 0.5) is 0 Å². The quantitative estimate of drug-likeness (QED) is 0.755. The predicted molar refractivity (Wildman–Crippen MR) is 102 cm³/mol.